The van der Waals surface area contributed by atoms with E-state index in [1.807, 2.05) is 0 Å². The van der Waals surface area contributed by atoms with Crippen LogP contribution in [0, 0.1) is 17.0 Å². The Labute approximate surface area is 113 Å². The molecule has 0 atom stereocenters. The Hall–Kier alpha value is -2.90. The summed E-state index contributed by atoms with van der Waals surface area (Å²) in [5.74, 6) is -1.24. The molecular weight excluding hydrogens is 266 g/mol. The summed E-state index contributed by atoms with van der Waals surface area (Å²) in [7, 11) is 1.62. The number of aromatic nitrogens is 2. The highest BCUT2D eigenvalue weighted by Crippen LogP contribution is 2.34. The van der Waals surface area contributed by atoms with Gasteiger partial charge in [0.2, 0.25) is 11.6 Å². The Balaban J connectivity index is 2.51. The molecule has 1 N–H and O–H groups in total. The third-order valence-corrected chi connectivity index (χ3v) is 2.59. The first-order valence-electron chi connectivity index (χ1n) is 5.59. The Kier molecular flexibility index (Phi) is 3.38. The standard InChI is InChI=1S/C12H11N3O5/c1-7-6-10(14(2)13-7)20-9-5-3-4-8(12(16)17)11(9)15(18)19/h3-6H,1-2H3,(H,16,17). The number of carboxylic acids is 1. The molecular formula is C12H11N3O5. The molecule has 0 radical (unpaired) electrons. The second-order valence-corrected chi connectivity index (χ2v) is 4.06. The molecule has 0 aliphatic heterocycles. The highest BCUT2D eigenvalue weighted by molar-refractivity contribution is 5.93. The van der Waals surface area contributed by atoms with E-state index in [0.717, 1.165) is 6.07 Å². The molecule has 0 saturated heterocycles. The molecule has 0 unspecified atom stereocenters. The van der Waals surface area contributed by atoms with Crippen molar-refractivity contribution in [2.75, 3.05) is 0 Å². The summed E-state index contributed by atoms with van der Waals surface area (Å²) in [6, 6.07) is 5.47. The number of hydrogen-bond acceptors (Lipinski definition) is 5. The number of carbonyl (C=O) groups is 1. The largest absolute Gasteiger partial charge is 0.477 e. The fourth-order valence-corrected chi connectivity index (χ4v) is 1.76. The fraction of sp³-hybridized carbons (Fsp3) is 0.167. The summed E-state index contributed by atoms with van der Waals surface area (Å²) in [6.07, 6.45) is 0. The maximum Gasteiger partial charge on any atom is 0.342 e. The lowest BCUT2D eigenvalue weighted by atomic mass is 10.1. The normalized spacial score (nSPS) is 10.3. The van der Waals surface area contributed by atoms with Crippen LogP contribution in [0.5, 0.6) is 11.6 Å². The summed E-state index contributed by atoms with van der Waals surface area (Å²) in [6.45, 7) is 1.74. The average molecular weight is 277 g/mol. The molecule has 8 nitrogen and oxygen atoms in total. The van der Waals surface area contributed by atoms with E-state index in [0.29, 0.717) is 5.69 Å². The predicted octanol–water partition coefficient (Wildman–Crippen LogP) is 2.13. The van der Waals surface area contributed by atoms with Gasteiger partial charge < -0.3 is 9.84 Å². The Morgan fingerprint density at radius 2 is 2.20 bits per heavy atom. The first-order valence-corrected chi connectivity index (χ1v) is 5.59. The van der Waals surface area contributed by atoms with E-state index >= 15 is 0 Å². The number of carboxylic acid groups (broad SMARTS) is 1. The monoisotopic (exact) mass is 277 g/mol. The van der Waals surface area contributed by atoms with Gasteiger partial charge in [-0.15, -0.1) is 0 Å². The number of nitrogens with zero attached hydrogens (tertiary/aromatic N) is 3. The predicted molar refractivity (Wildman–Crippen MR) is 68.1 cm³/mol. The van der Waals surface area contributed by atoms with Crippen molar-refractivity contribution in [3.05, 3.63) is 45.6 Å². The van der Waals surface area contributed by atoms with Crippen molar-refractivity contribution in [3.63, 3.8) is 0 Å². The molecule has 8 heteroatoms. The first-order chi connectivity index (χ1) is 9.40. The van der Waals surface area contributed by atoms with Crippen molar-refractivity contribution >= 4 is 11.7 Å². The Morgan fingerprint density at radius 1 is 1.50 bits per heavy atom. The van der Waals surface area contributed by atoms with Crippen molar-refractivity contribution in [2.45, 2.75) is 6.92 Å². The molecule has 20 heavy (non-hydrogen) atoms. The van der Waals surface area contributed by atoms with Crippen LogP contribution >= 0.6 is 0 Å². The number of rotatable bonds is 4. The van der Waals surface area contributed by atoms with Crippen LogP contribution in [0.4, 0.5) is 5.69 Å². The lowest BCUT2D eigenvalue weighted by Crippen LogP contribution is -2.05. The molecule has 0 aliphatic rings. The third-order valence-electron chi connectivity index (χ3n) is 2.59. The quantitative estimate of drug-likeness (QED) is 0.677. The SMILES string of the molecule is Cc1cc(Oc2cccc(C(=O)O)c2[N+](=O)[O-])n(C)n1. The van der Waals surface area contributed by atoms with Gasteiger partial charge in [-0.1, -0.05) is 6.07 Å². The van der Waals surface area contributed by atoms with Crippen LogP contribution in [0.1, 0.15) is 16.1 Å². The second kappa shape index (κ2) is 5.00. The number of aryl methyl sites for hydroxylation is 2. The van der Waals surface area contributed by atoms with Gasteiger partial charge in [-0.3, -0.25) is 10.1 Å². The molecule has 0 amide bonds. The van der Waals surface area contributed by atoms with E-state index in [-0.39, 0.29) is 11.6 Å². The van der Waals surface area contributed by atoms with Crippen LogP contribution in [0.2, 0.25) is 0 Å². The highest BCUT2D eigenvalue weighted by Gasteiger charge is 2.26. The van der Waals surface area contributed by atoms with E-state index in [1.165, 1.54) is 16.8 Å². The summed E-state index contributed by atoms with van der Waals surface area (Å²) >= 11 is 0. The minimum absolute atomic E-state index is 0.141. The van der Waals surface area contributed by atoms with Crippen molar-refractivity contribution in [3.8, 4) is 11.6 Å². The highest BCUT2D eigenvalue weighted by atomic mass is 16.6. The van der Waals surface area contributed by atoms with E-state index in [9.17, 15) is 14.9 Å². The smallest absolute Gasteiger partial charge is 0.342 e. The van der Waals surface area contributed by atoms with Gasteiger partial charge in [-0.25, -0.2) is 9.48 Å². The van der Waals surface area contributed by atoms with Gasteiger partial charge in [-0.05, 0) is 19.1 Å². The minimum Gasteiger partial charge on any atom is -0.477 e. The first kappa shape index (κ1) is 13.5. The lowest BCUT2D eigenvalue weighted by molar-refractivity contribution is -0.386. The van der Waals surface area contributed by atoms with Crippen molar-refractivity contribution in [1.29, 1.82) is 0 Å². The molecule has 0 spiro atoms. The number of aromatic carboxylic acids is 1. The fourth-order valence-electron chi connectivity index (χ4n) is 1.76. The van der Waals surface area contributed by atoms with Gasteiger partial charge >= 0.3 is 11.7 Å². The van der Waals surface area contributed by atoms with Crippen LogP contribution in [-0.2, 0) is 7.05 Å². The second-order valence-electron chi connectivity index (χ2n) is 4.06. The average Bonchev–Trinajstić information content (AvgIpc) is 2.67. The topological polar surface area (TPSA) is 107 Å². The van der Waals surface area contributed by atoms with Crippen molar-refractivity contribution < 1.29 is 19.6 Å². The van der Waals surface area contributed by atoms with Crippen molar-refractivity contribution in [2.24, 2.45) is 7.05 Å². The molecule has 104 valence electrons. The zero-order chi connectivity index (χ0) is 14.9. The van der Waals surface area contributed by atoms with Crippen LogP contribution in [0.25, 0.3) is 0 Å². The number of hydrogen-bond donors (Lipinski definition) is 1. The number of ether oxygens (including phenoxy) is 1. The van der Waals surface area contributed by atoms with Crippen LogP contribution < -0.4 is 4.74 Å². The van der Waals surface area contributed by atoms with Gasteiger partial charge in [0.25, 0.3) is 0 Å². The molecule has 1 aromatic carbocycles. The van der Waals surface area contributed by atoms with E-state index in [1.54, 1.807) is 20.0 Å². The molecule has 0 aliphatic carbocycles. The van der Waals surface area contributed by atoms with Gasteiger partial charge in [-0.2, -0.15) is 5.10 Å². The lowest BCUT2D eigenvalue weighted by Gasteiger charge is -2.07. The van der Waals surface area contributed by atoms with Gasteiger partial charge in [0, 0.05) is 13.1 Å². The molecule has 0 bridgehead atoms. The number of nitro benzene ring substituents is 1. The maximum absolute atomic E-state index is 11.1. The van der Waals surface area contributed by atoms with Gasteiger partial charge in [0.1, 0.15) is 5.56 Å². The van der Waals surface area contributed by atoms with Crippen LogP contribution in [0.3, 0.4) is 0 Å². The molecule has 2 rings (SSSR count). The summed E-state index contributed by atoms with van der Waals surface area (Å²) in [5, 5.41) is 24.1. The number of nitro groups is 1. The van der Waals surface area contributed by atoms with Crippen LogP contribution in [0.15, 0.2) is 24.3 Å². The summed E-state index contributed by atoms with van der Waals surface area (Å²) in [5.41, 5.74) is -0.329. The van der Waals surface area contributed by atoms with Crippen LogP contribution in [-0.4, -0.2) is 25.8 Å². The van der Waals surface area contributed by atoms with Gasteiger partial charge in [0.05, 0.1) is 10.6 Å². The van der Waals surface area contributed by atoms with E-state index < -0.39 is 22.1 Å². The molecule has 0 fully saturated rings. The number of benzene rings is 1. The Morgan fingerprint density at radius 3 is 2.70 bits per heavy atom. The Bertz CT molecular complexity index is 692. The maximum atomic E-state index is 11.1. The molecule has 1 heterocycles. The van der Waals surface area contributed by atoms with Crippen molar-refractivity contribution in [1.82, 2.24) is 9.78 Å². The minimum atomic E-state index is -1.39. The third kappa shape index (κ3) is 2.44. The summed E-state index contributed by atoms with van der Waals surface area (Å²) < 4.78 is 6.82. The van der Waals surface area contributed by atoms with Gasteiger partial charge in [0.15, 0.2) is 0 Å². The molecule has 2 aromatic rings. The molecule has 0 saturated carbocycles. The van der Waals surface area contributed by atoms with E-state index in [2.05, 4.69) is 5.10 Å². The summed E-state index contributed by atoms with van der Waals surface area (Å²) in [4.78, 5) is 21.3. The number of para-hydroxylation sites is 1. The molecule has 1 aromatic heterocycles. The van der Waals surface area contributed by atoms with E-state index in [4.69, 9.17) is 9.84 Å². The zero-order valence-corrected chi connectivity index (χ0v) is 10.7. The zero-order valence-electron chi connectivity index (χ0n) is 10.7.